The molecule has 0 saturated heterocycles. The topological polar surface area (TPSA) is 40.5 Å². The van der Waals surface area contributed by atoms with Gasteiger partial charge in [-0.1, -0.05) is 36.4 Å². The van der Waals surface area contributed by atoms with Gasteiger partial charge in [0.25, 0.3) is 0 Å². The van der Waals surface area contributed by atoms with Crippen molar-refractivity contribution in [2.75, 3.05) is 0 Å². The predicted molar refractivity (Wildman–Crippen MR) is 106 cm³/mol. The first kappa shape index (κ1) is 16.8. The molecule has 0 saturated carbocycles. The van der Waals surface area contributed by atoms with E-state index in [9.17, 15) is 10.2 Å². The summed E-state index contributed by atoms with van der Waals surface area (Å²) in [5.41, 5.74) is 5.15. The van der Waals surface area contributed by atoms with Crippen molar-refractivity contribution in [3.8, 4) is 11.5 Å². The Morgan fingerprint density at radius 2 is 1.08 bits per heavy atom. The molecule has 0 radical (unpaired) electrons. The van der Waals surface area contributed by atoms with E-state index in [4.69, 9.17) is 0 Å². The molecule has 0 spiro atoms. The van der Waals surface area contributed by atoms with Crippen molar-refractivity contribution in [2.45, 2.75) is 19.8 Å². The van der Waals surface area contributed by atoms with Crippen molar-refractivity contribution >= 4 is 22.6 Å². The quantitative estimate of drug-likeness (QED) is 0.426. The summed E-state index contributed by atoms with van der Waals surface area (Å²) in [6.07, 6.45) is 0. The van der Waals surface area contributed by atoms with Crippen LogP contribution in [0, 0.1) is 17.4 Å². The van der Waals surface area contributed by atoms with E-state index in [2.05, 4.69) is 46.9 Å². The molecule has 0 aliphatic rings. The molecule has 0 atom stereocenters. The van der Waals surface area contributed by atoms with Crippen LogP contribution in [0.1, 0.15) is 33.7 Å². The summed E-state index contributed by atoms with van der Waals surface area (Å²) in [6.45, 7) is 3.82. The van der Waals surface area contributed by atoms with Crippen molar-refractivity contribution in [1.82, 2.24) is 0 Å². The number of rotatable bonds is 3. The van der Waals surface area contributed by atoms with E-state index in [1.54, 1.807) is 12.1 Å². The number of hydrogen-bond donors (Lipinski definition) is 2. The molecule has 0 bridgehead atoms. The summed E-state index contributed by atoms with van der Waals surface area (Å²) in [7, 11) is 0. The predicted octanol–water partition coefficient (Wildman–Crippen LogP) is 5.50. The van der Waals surface area contributed by atoms with Gasteiger partial charge in [-0.2, -0.15) is 0 Å². The zero-order chi connectivity index (χ0) is 17.3. The molecule has 0 fully saturated rings. The first-order chi connectivity index (χ1) is 11.5. The minimum absolute atomic E-state index is 0.0561. The van der Waals surface area contributed by atoms with Crippen LogP contribution in [0.25, 0.3) is 0 Å². The van der Waals surface area contributed by atoms with Crippen molar-refractivity contribution in [3.63, 3.8) is 0 Å². The van der Waals surface area contributed by atoms with Gasteiger partial charge in [-0.3, -0.25) is 0 Å². The van der Waals surface area contributed by atoms with Crippen molar-refractivity contribution < 1.29 is 10.2 Å². The Labute approximate surface area is 155 Å². The molecule has 3 heteroatoms. The number of phenols is 2. The van der Waals surface area contributed by atoms with E-state index in [1.165, 1.54) is 9.13 Å². The Morgan fingerprint density at radius 3 is 1.50 bits per heavy atom. The van der Waals surface area contributed by atoms with Crippen LogP contribution in [0.2, 0.25) is 0 Å². The second-order valence-electron chi connectivity index (χ2n) is 6.08. The van der Waals surface area contributed by atoms with Gasteiger partial charge in [0.1, 0.15) is 11.5 Å². The highest BCUT2D eigenvalue weighted by Crippen LogP contribution is 2.35. The molecule has 122 valence electrons. The standard InChI is InChI=1S/C21H19IO2/c1-13-11-16(5-9-19(13)23)21(15-3-7-18(22)8-4-15)17-6-10-20(24)14(2)12-17/h3-12,21,23-24H,1-2H3. The van der Waals surface area contributed by atoms with Gasteiger partial charge in [-0.05, 0) is 88.5 Å². The van der Waals surface area contributed by atoms with Crippen LogP contribution in [0.4, 0.5) is 0 Å². The Bertz CT molecular complexity index is 818. The number of halogens is 1. The van der Waals surface area contributed by atoms with Gasteiger partial charge >= 0.3 is 0 Å². The monoisotopic (exact) mass is 430 g/mol. The third-order valence-corrected chi connectivity index (χ3v) is 5.03. The first-order valence-electron chi connectivity index (χ1n) is 7.80. The van der Waals surface area contributed by atoms with Crippen LogP contribution in [0.15, 0.2) is 60.7 Å². The fraction of sp³-hybridized carbons (Fsp3) is 0.143. The maximum Gasteiger partial charge on any atom is 0.118 e. The minimum Gasteiger partial charge on any atom is -0.508 e. The van der Waals surface area contributed by atoms with Crippen LogP contribution in [-0.2, 0) is 0 Å². The summed E-state index contributed by atoms with van der Waals surface area (Å²) >= 11 is 2.30. The number of aryl methyl sites for hydroxylation is 2. The lowest BCUT2D eigenvalue weighted by atomic mass is 9.84. The van der Waals surface area contributed by atoms with E-state index in [1.807, 2.05) is 38.1 Å². The molecule has 2 N–H and O–H groups in total. The zero-order valence-corrected chi connectivity index (χ0v) is 15.8. The van der Waals surface area contributed by atoms with Gasteiger partial charge in [0, 0.05) is 9.49 Å². The molecule has 0 aromatic heterocycles. The molecule has 0 amide bonds. The zero-order valence-electron chi connectivity index (χ0n) is 13.6. The van der Waals surface area contributed by atoms with Crippen molar-refractivity contribution in [3.05, 3.63) is 92.1 Å². The van der Waals surface area contributed by atoms with Gasteiger partial charge in [0.2, 0.25) is 0 Å². The molecule has 0 aliphatic heterocycles. The fourth-order valence-corrected chi connectivity index (χ4v) is 3.31. The highest BCUT2D eigenvalue weighted by molar-refractivity contribution is 14.1. The molecule has 0 aliphatic carbocycles. The average Bonchev–Trinajstić information content (AvgIpc) is 2.56. The third kappa shape index (κ3) is 3.41. The van der Waals surface area contributed by atoms with E-state index in [0.717, 1.165) is 22.3 Å². The maximum atomic E-state index is 9.85. The van der Waals surface area contributed by atoms with Crippen LogP contribution in [0.3, 0.4) is 0 Å². The lowest BCUT2D eigenvalue weighted by Gasteiger charge is -2.20. The molecule has 2 nitrogen and oxygen atoms in total. The van der Waals surface area contributed by atoms with E-state index in [0.29, 0.717) is 11.5 Å². The van der Waals surface area contributed by atoms with Gasteiger partial charge in [-0.15, -0.1) is 0 Å². The number of hydrogen-bond acceptors (Lipinski definition) is 2. The average molecular weight is 430 g/mol. The molecular weight excluding hydrogens is 411 g/mol. The van der Waals surface area contributed by atoms with Crippen LogP contribution in [0.5, 0.6) is 11.5 Å². The fourth-order valence-electron chi connectivity index (χ4n) is 2.95. The minimum atomic E-state index is 0.0561. The van der Waals surface area contributed by atoms with Crippen LogP contribution < -0.4 is 0 Å². The van der Waals surface area contributed by atoms with Gasteiger partial charge in [0.05, 0.1) is 0 Å². The molecule has 0 heterocycles. The molecule has 3 aromatic carbocycles. The molecule has 3 rings (SSSR count). The SMILES string of the molecule is Cc1cc(C(c2ccc(I)cc2)c2ccc(O)c(C)c2)ccc1O. The highest BCUT2D eigenvalue weighted by Gasteiger charge is 2.18. The smallest absolute Gasteiger partial charge is 0.118 e. The largest absolute Gasteiger partial charge is 0.508 e. The molecular formula is C21H19IO2. The lowest BCUT2D eigenvalue weighted by Crippen LogP contribution is -2.04. The van der Waals surface area contributed by atoms with Gasteiger partial charge in [0.15, 0.2) is 0 Å². The van der Waals surface area contributed by atoms with E-state index < -0.39 is 0 Å². The summed E-state index contributed by atoms with van der Waals surface area (Å²) in [4.78, 5) is 0. The highest BCUT2D eigenvalue weighted by atomic mass is 127. The number of aromatic hydroxyl groups is 2. The molecule has 3 aromatic rings. The van der Waals surface area contributed by atoms with Crippen LogP contribution >= 0.6 is 22.6 Å². The molecule has 0 unspecified atom stereocenters. The molecule has 24 heavy (non-hydrogen) atoms. The second-order valence-corrected chi connectivity index (χ2v) is 7.32. The first-order valence-corrected chi connectivity index (χ1v) is 8.88. The normalized spacial score (nSPS) is 11.0. The summed E-state index contributed by atoms with van der Waals surface area (Å²) in [5, 5.41) is 19.7. The second kappa shape index (κ2) is 6.85. The summed E-state index contributed by atoms with van der Waals surface area (Å²) in [6, 6.07) is 20.0. The Morgan fingerprint density at radius 1 is 0.667 bits per heavy atom. The third-order valence-electron chi connectivity index (χ3n) is 4.31. The van der Waals surface area contributed by atoms with Crippen molar-refractivity contribution in [1.29, 1.82) is 0 Å². The van der Waals surface area contributed by atoms with Gasteiger partial charge in [-0.25, -0.2) is 0 Å². The summed E-state index contributed by atoms with van der Waals surface area (Å²) < 4.78 is 1.19. The lowest BCUT2D eigenvalue weighted by molar-refractivity contribution is 0.470. The summed E-state index contributed by atoms with van der Waals surface area (Å²) in [5.74, 6) is 0.671. The number of phenolic OH excluding ortho intramolecular Hbond substituents is 2. The van der Waals surface area contributed by atoms with Gasteiger partial charge < -0.3 is 10.2 Å². The maximum absolute atomic E-state index is 9.85. The van der Waals surface area contributed by atoms with Crippen LogP contribution in [-0.4, -0.2) is 10.2 Å². The Balaban J connectivity index is 2.17. The van der Waals surface area contributed by atoms with Crippen molar-refractivity contribution in [2.24, 2.45) is 0 Å². The van der Waals surface area contributed by atoms with E-state index in [-0.39, 0.29) is 5.92 Å². The van der Waals surface area contributed by atoms with E-state index >= 15 is 0 Å². The number of benzene rings is 3. The Kier molecular flexibility index (Phi) is 4.81. The Hall–Kier alpha value is -2.01.